The number of hydrogen-bond donors (Lipinski definition) is 0. The monoisotopic (exact) mass is 292 g/mol. The van der Waals surface area contributed by atoms with E-state index in [1.54, 1.807) is 19.1 Å². The molecule has 0 unspecified atom stereocenters. The molecule has 1 aromatic heterocycles. The summed E-state index contributed by atoms with van der Waals surface area (Å²) in [5.74, 6) is 0.584. The topological polar surface area (TPSA) is 22.4 Å². The van der Waals surface area contributed by atoms with Gasteiger partial charge in [-0.25, -0.2) is 0 Å². The standard InChI is InChI=1S/C16H11F3O2/c1-10-8-12(16(17,18)19)6-7-13(10)20-15-9-11-4-2-3-5-14(11)21-15/h2-9H,1H3. The van der Waals surface area contributed by atoms with Gasteiger partial charge in [0.1, 0.15) is 11.3 Å². The van der Waals surface area contributed by atoms with Gasteiger partial charge < -0.3 is 9.15 Å². The van der Waals surface area contributed by atoms with E-state index in [9.17, 15) is 13.2 Å². The van der Waals surface area contributed by atoms with E-state index in [1.807, 2.05) is 18.2 Å². The molecule has 0 atom stereocenters. The lowest BCUT2D eigenvalue weighted by Gasteiger charge is -2.10. The highest BCUT2D eigenvalue weighted by atomic mass is 19.4. The van der Waals surface area contributed by atoms with Gasteiger partial charge in [0.15, 0.2) is 0 Å². The molecular formula is C16H11F3O2. The lowest BCUT2D eigenvalue weighted by atomic mass is 10.1. The maximum Gasteiger partial charge on any atom is 0.416 e. The molecule has 0 aliphatic rings. The third-order valence-electron chi connectivity index (χ3n) is 3.12. The predicted octanol–water partition coefficient (Wildman–Crippen LogP) is 5.55. The molecule has 0 fully saturated rings. The summed E-state index contributed by atoms with van der Waals surface area (Å²) in [5, 5.41) is 0.872. The molecule has 0 aliphatic heterocycles. The first-order valence-electron chi connectivity index (χ1n) is 6.28. The Morgan fingerprint density at radius 1 is 1.00 bits per heavy atom. The number of aryl methyl sites for hydroxylation is 1. The smallest absolute Gasteiger partial charge is 0.416 e. The van der Waals surface area contributed by atoms with E-state index < -0.39 is 11.7 Å². The summed E-state index contributed by atoms with van der Waals surface area (Å²) in [5.41, 5.74) is 0.360. The number of benzene rings is 2. The van der Waals surface area contributed by atoms with Gasteiger partial charge in [0.2, 0.25) is 0 Å². The fraction of sp³-hybridized carbons (Fsp3) is 0.125. The van der Waals surface area contributed by atoms with Crippen LogP contribution in [0.2, 0.25) is 0 Å². The van der Waals surface area contributed by atoms with Gasteiger partial charge in [-0.2, -0.15) is 13.2 Å². The molecule has 0 saturated heterocycles. The van der Waals surface area contributed by atoms with Crippen LogP contribution in [-0.4, -0.2) is 0 Å². The first-order valence-corrected chi connectivity index (χ1v) is 6.28. The van der Waals surface area contributed by atoms with Crippen molar-refractivity contribution in [3.05, 3.63) is 59.7 Å². The fourth-order valence-electron chi connectivity index (χ4n) is 2.06. The summed E-state index contributed by atoms with van der Waals surface area (Å²) in [4.78, 5) is 0. The highest BCUT2D eigenvalue weighted by Crippen LogP contribution is 2.35. The van der Waals surface area contributed by atoms with Gasteiger partial charge in [-0.1, -0.05) is 18.2 Å². The summed E-state index contributed by atoms with van der Waals surface area (Å²) in [7, 11) is 0. The van der Waals surface area contributed by atoms with Gasteiger partial charge in [-0.05, 0) is 36.8 Å². The second kappa shape index (κ2) is 4.84. The summed E-state index contributed by atoms with van der Waals surface area (Å²) in [6.45, 7) is 1.56. The van der Waals surface area contributed by atoms with Crippen molar-refractivity contribution in [1.82, 2.24) is 0 Å². The minimum Gasteiger partial charge on any atom is -0.426 e. The molecule has 0 N–H and O–H groups in total. The normalized spacial score (nSPS) is 11.8. The number of hydrogen-bond acceptors (Lipinski definition) is 2. The van der Waals surface area contributed by atoms with Crippen LogP contribution < -0.4 is 4.74 Å². The third kappa shape index (κ3) is 2.72. The maximum atomic E-state index is 12.6. The highest BCUT2D eigenvalue weighted by Gasteiger charge is 2.30. The Morgan fingerprint density at radius 2 is 1.76 bits per heavy atom. The lowest BCUT2D eigenvalue weighted by molar-refractivity contribution is -0.137. The Morgan fingerprint density at radius 3 is 2.43 bits per heavy atom. The summed E-state index contributed by atoms with van der Waals surface area (Å²) < 4.78 is 48.8. The Kier molecular flexibility index (Phi) is 3.12. The molecule has 3 aromatic rings. The summed E-state index contributed by atoms with van der Waals surface area (Å²) >= 11 is 0. The summed E-state index contributed by atoms with van der Waals surface area (Å²) in [6, 6.07) is 12.4. The van der Waals surface area contributed by atoms with Crippen LogP contribution in [0.15, 0.2) is 52.9 Å². The van der Waals surface area contributed by atoms with Gasteiger partial charge in [-0.3, -0.25) is 0 Å². The number of alkyl halides is 3. The second-order valence-corrected chi connectivity index (χ2v) is 4.68. The van der Waals surface area contributed by atoms with Gasteiger partial charge in [0.25, 0.3) is 5.95 Å². The largest absolute Gasteiger partial charge is 0.426 e. The molecule has 5 heteroatoms. The van der Waals surface area contributed by atoms with E-state index in [0.29, 0.717) is 16.9 Å². The first-order chi connectivity index (χ1) is 9.93. The van der Waals surface area contributed by atoms with Crippen molar-refractivity contribution < 1.29 is 22.3 Å². The Hall–Kier alpha value is -2.43. The molecule has 0 amide bonds. The average molecular weight is 292 g/mol. The number of fused-ring (bicyclic) bond motifs is 1. The minimum absolute atomic E-state index is 0.249. The van der Waals surface area contributed by atoms with Gasteiger partial charge in [0.05, 0.1) is 5.56 Å². The number of para-hydroxylation sites is 1. The van der Waals surface area contributed by atoms with Crippen LogP contribution in [0, 0.1) is 6.92 Å². The van der Waals surface area contributed by atoms with Crippen LogP contribution in [0.5, 0.6) is 11.7 Å². The number of furan rings is 1. The van der Waals surface area contributed by atoms with E-state index >= 15 is 0 Å². The third-order valence-corrected chi connectivity index (χ3v) is 3.12. The molecular weight excluding hydrogens is 281 g/mol. The highest BCUT2D eigenvalue weighted by molar-refractivity contribution is 5.78. The molecule has 3 rings (SSSR count). The molecule has 21 heavy (non-hydrogen) atoms. The van der Waals surface area contributed by atoms with Crippen LogP contribution in [0.1, 0.15) is 11.1 Å². The number of ether oxygens (including phenoxy) is 1. The molecule has 0 aliphatic carbocycles. The zero-order valence-corrected chi connectivity index (χ0v) is 11.1. The second-order valence-electron chi connectivity index (χ2n) is 4.68. The fourth-order valence-corrected chi connectivity index (χ4v) is 2.06. The quantitative estimate of drug-likeness (QED) is 0.617. The number of halogens is 3. The van der Waals surface area contributed by atoms with E-state index in [0.717, 1.165) is 17.5 Å². The lowest BCUT2D eigenvalue weighted by Crippen LogP contribution is -2.05. The van der Waals surface area contributed by atoms with Crippen molar-refractivity contribution in [3.8, 4) is 11.7 Å². The maximum absolute atomic E-state index is 12.6. The first kappa shape index (κ1) is 13.5. The van der Waals surface area contributed by atoms with E-state index in [4.69, 9.17) is 9.15 Å². The van der Waals surface area contributed by atoms with Crippen LogP contribution in [0.4, 0.5) is 13.2 Å². The Bertz CT molecular complexity index is 755. The summed E-state index contributed by atoms with van der Waals surface area (Å²) in [6.07, 6.45) is -4.36. The molecule has 0 spiro atoms. The van der Waals surface area contributed by atoms with Crippen molar-refractivity contribution >= 4 is 11.0 Å². The predicted molar refractivity (Wildman–Crippen MR) is 72.5 cm³/mol. The van der Waals surface area contributed by atoms with Crippen molar-refractivity contribution in [2.75, 3.05) is 0 Å². The van der Waals surface area contributed by atoms with Crippen LogP contribution in [-0.2, 0) is 6.18 Å². The molecule has 108 valence electrons. The molecule has 1 heterocycles. The van der Waals surface area contributed by atoms with Gasteiger partial charge in [0, 0.05) is 11.5 Å². The van der Waals surface area contributed by atoms with Gasteiger partial charge >= 0.3 is 6.18 Å². The minimum atomic E-state index is -4.36. The van der Waals surface area contributed by atoms with Crippen molar-refractivity contribution in [3.63, 3.8) is 0 Å². The van der Waals surface area contributed by atoms with Crippen molar-refractivity contribution in [1.29, 1.82) is 0 Å². The van der Waals surface area contributed by atoms with E-state index in [1.165, 1.54) is 6.07 Å². The molecule has 0 bridgehead atoms. The van der Waals surface area contributed by atoms with E-state index in [-0.39, 0.29) is 5.95 Å². The molecule has 2 aromatic carbocycles. The number of rotatable bonds is 2. The molecule has 0 saturated carbocycles. The van der Waals surface area contributed by atoms with Crippen LogP contribution in [0.3, 0.4) is 0 Å². The van der Waals surface area contributed by atoms with E-state index in [2.05, 4.69) is 0 Å². The Balaban J connectivity index is 1.91. The van der Waals surface area contributed by atoms with Crippen molar-refractivity contribution in [2.24, 2.45) is 0 Å². The van der Waals surface area contributed by atoms with Crippen molar-refractivity contribution in [2.45, 2.75) is 13.1 Å². The molecule has 2 nitrogen and oxygen atoms in total. The molecule has 0 radical (unpaired) electrons. The SMILES string of the molecule is Cc1cc(C(F)(F)F)ccc1Oc1cc2ccccc2o1. The van der Waals surface area contributed by atoms with Gasteiger partial charge in [-0.15, -0.1) is 0 Å². The van der Waals surface area contributed by atoms with Crippen LogP contribution >= 0.6 is 0 Å². The van der Waals surface area contributed by atoms with Crippen LogP contribution in [0.25, 0.3) is 11.0 Å². The zero-order chi connectivity index (χ0) is 15.0. The average Bonchev–Trinajstić information content (AvgIpc) is 2.82. The Labute approximate surface area is 118 Å². The zero-order valence-electron chi connectivity index (χ0n) is 11.1.